The minimum atomic E-state index is -1.52. The smallest absolute Gasteiger partial charge is 0.262 e. The largest absolute Gasteiger partial charge is 0.345 e. The number of hydrazine groups is 1. The molecule has 0 unspecified atom stereocenters. The number of nitrogens with one attached hydrogen (secondary N) is 1. The van der Waals surface area contributed by atoms with Crippen molar-refractivity contribution in [2.24, 2.45) is 5.41 Å². The van der Waals surface area contributed by atoms with E-state index in [1.54, 1.807) is 24.3 Å². The lowest BCUT2D eigenvalue weighted by Crippen LogP contribution is -2.42. The molecule has 40 heavy (non-hydrogen) atoms. The number of carbonyl (C=O) groups excluding carboxylic acids is 3. The first kappa shape index (κ1) is 26.9. The summed E-state index contributed by atoms with van der Waals surface area (Å²) in [6.07, 6.45) is 1.46. The van der Waals surface area contributed by atoms with Gasteiger partial charge in [-0.05, 0) is 41.8 Å². The Morgan fingerprint density at radius 3 is 1.48 bits per heavy atom. The summed E-state index contributed by atoms with van der Waals surface area (Å²) in [4.78, 5) is 42.6. The third-order valence-electron chi connectivity index (χ3n) is 7.40. The molecule has 5 rings (SSSR count). The van der Waals surface area contributed by atoms with Crippen LogP contribution in [0.2, 0.25) is 0 Å². The van der Waals surface area contributed by atoms with Gasteiger partial charge in [-0.3, -0.25) is 14.4 Å². The summed E-state index contributed by atoms with van der Waals surface area (Å²) in [6, 6.07) is 37.3. The Kier molecular flexibility index (Phi) is 8.06. The Balaban J connectivity index is 1.53. The fourth-order valence-electron chi connectivity index (χ4n) is 5.35. The molecule has 0 saturated carbocycles. The zero-order valence-electron chi connectivity index (χ0n) is 22.6. The molecule has 1 aliphatic rings. The first-order chi connectivity index (χ1) is 19.5. The van der Waals surface area contributed by atoms with E-state index in [1.807, 2.05) is 104 Å². The molecule has 1 aliphatic heterocycles. The number of hydrogen-bond acceptors (Lipinski definition) is 3. The van der Waals surface area contributed by atoms with Gasteiger partial charge in [-0.25, -0.2) is 10.0 Å². The van der Waals surface area contributed by atoms with E-state index in [9.17, 15) is 14.4 Å². The van der Waals surface area contributed by atoms with Gasteiger partial charge in [0.1, 0.15) is 5.41 Å². The van der Waals surface area contributed by atoms with Crippen molar-refractivity contribution in [2.45, 2.75) is 38.6 Å². The monoisotopic (exact) mass is 531 g/mol. The lowest BCUT2D eigenvalue weighted by atomic mass is 9.78. The maximum absolute atomic E-state index is 14.4. The molecular formula is C34H33N3O3. The van der Waals surface area contributed by atoms with Crippen LogP contribution in [0, 0.1) is 5.41 Å². The standard InChI is InChI=1S/C34H33N3O3/c1-2-3-24-34(25-30(38)35-31(26-16-8-4-9-17-26)27-18-10-5-11-19-27)32(39)36(28-20-12-6-13-21-28)37(33(34)40)29-22-14-7-15-23-29/h4-23,31H,2-3,24-25H2,1H3,(H,35,38). The number of benzene rings is 4. The van der Waals surface area contributed by atoms with Gasteiger partial charge in [-0.1, -0.05) is 117 Å². The molecule has 0 radical (unpaired) electrons. The topological polar surface area (TPSA) is 69.7 Å². The van der Waals surface area contributed by atoms with Crippen LogP contribution in [0.15, 0.2) is 121 Å². The number of para-hydroxylation sites is 2. The lowest BCUT2D eigenvalue weighted by Gasteiger charge is -2.27. The summed E-state index contributed by atoms with van der Waals surface area (Å²) in [5.41, 5.74) is 1.48. The van der Waals surface area contributed by atoms with Crippen molar-refractivity contribution in [3.63, 3.8) is 0 Å². The second-order valence-electron chi connectivity index (χ2n) is 10.1. The molecule has 6 heteroatoms. The molecule has 4 aromatic rings. The summed E-state index contributed by atoms with van der Waals surface area (Å²) in [5.74, 6) is -1.11. The quantitative estimate of drug-likeness (QED) is 0.239. The average Bonchev–Trinajstić information content (AvgIpc) is 3.22. The molecule has 0 atom stereocenters. The van der Waals surface area contributed by atoms with E-state index in [4.69, 9.17) is 0 Å². The highest BCUT2D eigenvalue weighted by atomic mass is 16.2. The van der Waals surface area contributed by atoms with Crippen LogP contribution in [0.3, 0.4) is 0 Å². The van der Waals surface area contributed by atoms with Crippen molar-refractivity contribution in [2.75, 3.05) is 10.0 Å². The van der Waals surface area contributed by atoms with E-state index in [-0.39, 0.29) is 30.6 Å². The van der Waals surface area contributed by atoms with Crippen molar-refractivity contribution in [1.29, 1.82) is 0 Å². The Morgan fingerprint density at radius 2 is 1.07 bits per heavy atom. The van der Waals surface area contributed by atoms with Crippen LogP contribution in [0.5, 0.6) is 0 Å². The average molecular weight is 532 g/mol. The molecule has 1 saturated heterocycles. The van der Waals surface area contributed by atoms with E-state index in [1.165, 1.54) is 10.0 Å². The molecule has 1 fully saturated rings. The van der Waals surface area contributed by atoms with Crippen molar-refractivity contribution >= 4 is 29.1 Å². The summed E-state index contributed by atoms with van der Waals surface area (Å²) in [5, 5.41) is 6.02. The van der Waals surface area contributed by atoms with Crippen LogP contribution < -0.4 is 15.3 Å². The van der Waals surface area contributed by atoms with Gasteiger partial charge in [0.25, 0.3) is 11.8 Å². The first-order valence-corrected chi connectivity index (χ1v) is 13.7. The van der Waals surface area contributed by atoms with Gasteiger partial charge >= 0.3 is 0 Å². The number of rotatable bonds is 10. The van der Waals surface area contributed by atoms with Gasteiger partial charge in [0.2, 0.25) is 5.91 Å². The Hall–Kier alpha value is -4.71. The number of amides is 3. The highest BCUT2D eigenvalue weighted by Gasteiger charge is 2.59. The first-order valence-electron chi connectivity index (χ1n) is 13.7. The third-order valence-corrected chi connectivity index (χ3v) is 7.40. The summed E-state index contributed by atoms with van der Waals surface area (Å²) in [7, 11) is 0. The zero-order valence-corrected chi connectivity index (χ0v) is 22.6. The van der Waals surface area contributed by atoms with Crippen LogP contribution in [0.1, 0.15) is 49.8 Å². The second-order valence-corrected chi connectivity index (χ2v) is 10.1. The number of carbonyl (C=O) groups is 3. The van der Waals surface area contributed by atoms with E-state index in [0.29, 0.717) is 17.8 Å². The minimum absolute atomic E-state index is 0.243. The number of hydrogen-bond donors (Lipinski definition) is 1. The lowest BCUT2D eigenvalue weighted by molar-refractivity contribution is -0.140. The van der Waals surface area contributed by atoms with Gasteiger partial charge in [-0.15, -0.1) is 0 Å². The van der Waals surface area contributed by atoms with E-state index in [0.717, 1.165) is 17.5 Å². The van der Waals surface area contributed by atoms with Crippen LogP contribution in [-0.4, -0.2) is 17.7 Å². The molecule has 6 nitrogen and oxygen atoms in total. The molecule has 1 heterocycles. The highest BCUT2D eigenvalue weighted by Crippen LogP contribution is 2.44. The molecular weight excluding hydrogens is 498 g/mol. The third kappa shape index (κ3) is 5.25. The fourth-order valence-corrected chi connectivity index (χ4v) is 5.35. The molecule has 3 amide bonds. The fraction of sp³-hybridized carbons (Fsp3) is 0.206. The zero-order chi connectivity index (χ0) is 28.0. The highest BCUT2D eigenvalue weighted by molar-refractivity contribution is 6.27. The number of unbranched alkanes of at least 4 members (excludes halogenated alkanes) is 1. The minimum Gasteiger partial charge on any atom is -0.345 e. The summed E-state index contributed by atoms with van der Waals surface area (Å²) >= 11 is 0. The summed E-state index contributed by atoms with van der Waals surface area (Å²) in [6.45, 7) is 2.02. The van der Waals surface area contributed by atoms with Crippen molar-refractivity contribution < 1.29 is 14.4 Å². The molecule has 202 valence electrons. The number of anilines is 2. The van der Waals surface area contributed by atoms with E-state index in [2.05, 4.69) is 5.32 Å². The van der Waals surface area contributed by atoms with Crippen molar-refractivity contribution in [1.82, 2.24) is 5.32 Å². The van der Waals surface area contributed by atoms with Crippen LogP contribution in [0.4, 0.5) is 11.4 Å². The van der Waals surface area contributed by atoms with Gasteiger partial charge in [-0.2, -0.15) is 0 Å². The van der Waals surface area contributed by atoms with E-state index >= 15 is 0 Å². The normalized spacial score (nSPS) is 14.6. The van der Waals surface area contributed by atoms with Crippen molar-refractivity contribution in [3.8, 4) is 0 Å². The number of nitrogens with zero attached hydrogens (tertiary/aromatic N) is 2. The SMILES string of the molecule is CCCCC1(CC(=O)NC(c2ccccc2)c2ccccc2)C(=O)N(c2ccccc2)N(c2ccccc2)C1=O. The maximum atomic E-state index is 14.4. The van der Waals surface area contributed by atoms with Gasteiger partial charge < -0.3 is 5.32 Å². The van der Waals surface area contributed by atoms with Gasteiger partial charge in [0, 0.05) is 0 Å². The molecule has 0 bridgehead atoms. The Morgan fingerprint density at radius 1 is 0.675 bits per heavy atom. The predicted octanol–water partition coefficient (Wildman–Crippen LogP) is 6.45. The molecule has 0 spiro atoms. The molecule has 0 aromatic heterocycles. The molecule has 1 N–H and O–H groups in total. The van der Waals surface area contributed by atoms with Gasteiger partial charge in [0.15, 0.2) is 0 Å². The van der Waals surface area contributed by atoms with Crippen LogP contribution >= 0.6 is 0 Å². The van der Waals surface area contributed by atoms with Gasteiger partial charge in [0.05, 0.1) is 23.8 Å². The van der Waals surface area contributed by atoms with Crippen LogP contribution in [0.25, 0.3) is 0 Å². The molecule has 4 aromatic carbocycles. The van der Waals surface area contributed by atoms with E-state index < -0.39 is 11.5 Å². The molecule has 0 aliphatic carbocycles. The summed E-state index contributed by atoms with van der Waals surface area (Å²) < 4.78 is 0. The Labute approximate surface area is 235 Å². The Bertz CT molecular complexity index is 1350. The van der Waals surface area contributed by atoms with Crippen molar-refractivity contribution in [3.05, 3.63) is 132 Å². The second kappa shape index (κ2) is 12.0. The predicted molar refractivity (Wildman–Crippen MR) is 157 cm³/mol. The maximum Gasteiger partial charge on any atom is 0.262 e. The van der Waals surface area contributed by atoms with Crippen LogP contribution in [-0.2, 0) is 14.4 Å².